The summed E-state index contributed by atoms with van der Waals surface area (Å²) in [5.41, 5.74) is 2.35. The average Bonchev–Trinajstić information content (AvgIpc) is 3.33. The summed E-state index contributed by atoms with van der Waals surface area (Å²) in [5, 5.41) is 3.32. The van der Waals surface area contributed by atoms with Gasteiger partial charge in [0.15, 0.2) is 0 Å². The van der Waals surface area contributed by atoms with Gasteiger partial charge in [-0.1, -0.05) is 18.6 Å². The average molecular weight is 372 g/mol. The third-order valence-corrected chi connectivity index (χ3v) is 6.59. The van der Waals surface area contributed by atoms with E-state index in [0.29, 0.717) is 6.04 Å². The first-order valence-electron chi connectivity index (χ1n) is 9.87. The Balaban J connectivity index is 1.39. The Morgan fingerprint density at radius 2 is 2.04 bits per heavy atom. The molecule has 140 valence electrons. The van der Waals surface area contributed by atoms with Crippen molar-refractivity contribution in [2.45, 2.75) is 44.7 Å². The van der Waals surface area contributed by atoms with Gasteiger partial charge in [-0.15, -0.1) is 11.3 Å². The minimum Gasteiger partial charge on any atom is -0.497 e. The lowest BCUT2D eigenvalue weighted by Gasteiger charge is -2.32. The Hall–Kier alpha value is -1.43. The molecular weight excluding hydrogens is 342 g/mol. The summed E-state index contributed by atoms with van der Waals surface area (Å²) in [6.07, 6.45) is 6.83. The fourth-order valence-electron chi connectivity index (χ4n) is 4.23. The van der Waals surface area contributed by atoms with E-state index in [1.54, 1.807) is 18.4 Å². The zero-order valence-electron chi connectivity index (χ0n) is 15.7. The molecule has 0 aliphatic carbocycles. The van der Waals surface area contributed by atoms with Gasteiger partial charge in [0.1, 0.15) is 10.8 Å². The Kier molecular flexibility index (Phi) is 5.88. The second-order valence-corrected chi connectivity index (χ2v) is 8.36. The number of benzene rings is 1. The molecule has 3 heterocycles. The number of likely N-dealkylation sites (tertiary alicyclic amines) is 2. The van der Waals surface area contributed by atoms with Crippen molar-refractivity contribution in [1.82, 2.24) is 14.8 Å². The van der Waals surface area contributed by atoms with Gasteiger partial charge in [0.2, 0.25) is 0 Å². The topological polar surface area (TPSA) is 28.6 Å². The molecule has 2 aromatic rings. The number of hydrogen-bond acceptors (Lipinski definition) is 5. The zero-order valence-corrected chi connectivity index (χ0v) is 16.5. The summed E-state index contributed by atoms with van der Waals surface area (Å²) in [4.78, 5) is 10.2. The SMILES string of the molecule is COc1cccc(-c2nc(CN3CCCC3CN3CCCCC3)cs2)c1. The van der Waals surface area contributed by atoms with Crippen LogP contribution in [0, 0.1) is 0 Å². The molecule has 0 bridgehead atoms. The van der Waals surface area contributed by atoms with E-state index in [9.17, 15) is 0 Å². The van der Waals surface area contributed by atoms with Crippen molar-refractivity contribution in [1.29, 1.82) is 0 Å². The van der Waals surface area contributed by atoms with Gasteiger partial charge in [-0.3, -0.25) is 4.90 Å². The number of rotatable bonds is 6. The molecule has 1 aromatic carbocycles. The van der Waals surface area contributed by atoms with E-state index in [4.69, 9.17) is 9.72 Å². The Morgan fingerprint density at radius 1 is 1.15 bits per heavy atom. The highest BCUT2D eigenvalue weighted by atomic mass is 32.1. The van der Waals surface area contributed by atoms with Gasteiger partial charge in [0.05, 0.1) is 12.8 Å². The van der Waals surface area contributed by atoms with Crippen molar-refractivity contribution in [2.24, 2.45) is 0 Å². The number of piperidine rings is 1. The minimum atomic E-state index is 0.704. The van der Waals surface area contributed by atoms with Crippen LogP contribution in [-0.4, -0.2) is 54.1 Å². The third-order valence-electron chi connectivity index (χ3n) is 5.65. The van der Waals surface area contributed by atoms with Crippen molar-refractivity contribution in [3.8, 4) is 16.3 Å². The van der Waals surface area contributed by atoms with Crippen molar-refractivity contribution < 1.29 is 4.74 Å². The molecule has 1 aromatic heterocycles. The van der Waals surface area contributed by atoms with E-state index in [0.717, 1.165) is 22.9 Å². The number of aromatic nitrogens is 1. The molecule has 26 heavy (non-hydrogen) atoms. The maximum atomic E-state index is 5.34. The van der Waals surface area contributed by atoms with Gasteiger partial charge in [0.25, 0.3) is 0 Å². The van der Waals surface area contributed by atoms with Crippen LogP contribution in [0.25, 0.3) is 10.6 Å². The van der Waals surface area contributed by atoms with Crippen molar-refractivity contribution in [3.05, 3.63) is 35.3 Å². The Bertz CT molecular complexity index is 711. The highest BCUT2D eigenvalue weighted by molar-refractivity contribution is 7.13. The minimum absolute atomic E-state index is 0.704. The van der Waals surface area contributed by atoms with Crippen LogP contribution >= 0.6 is 11.3 Å². The van der Waals surface area contributed by atoms with E-state index < -0.39 is 0 Å². The number of hydrogen-bond donors (Lipinski definition) is 0. The highest BCUT2D eigenvalue weighted by Gasteiger charge is 2.27. The first kappa shape index (κ1) is 18.0. The van der Waals surface area contributed by atoms with E-state index >= 15 is 0 Å². The van der Waals surface area contributed by atoms with E-state index in [2.05, 4.69) is 27.3 Å². The summed E-state index contributed by atoms with van der Waals surface area (Å²) in [7, 11) is 1.71. The smallest absolute Gasteiger partial charge is 0.123 e. The normalized spacial score (nSPS) is 22.0. The van der Waals surface area contributed by atoms with Gasteiger partial charge >= 0.3 is 0 Å². The molecule has 1 unspecified atom stereocenters. The molecular formula is C21H29N3OS. The third kappa shape index (κ3) is 4.27. The highest BCUT2D eigenvalue weighted by Crippen LogP contribution is 2.28. The van der Waals surface area contributed by atoms with Crippen molar-refractivity contribution >= 4 is 11.3 Å². The number of ether oxygens (including phenoxy) is 1. The fraction of sp³-hybridized carbons (Fsp3) is 0.571. The summed E-state index contributed by atoms with van der Waals surface area (Å²) in [6.45, 7) is 6.03. The number of methoxy groups -OCH3 is 1. The molecule has 2 fully saturated rings. The second-order valence-electron chi connectivity index (χ2n) is 7.50. The Labute approximate surface area is 160 Å². The van der Waals surface area contributed by atoms with Crippen LogP contribution in [0.5, 0.6) is 5.75 Å². The lowest BCUT2D eigenvalue weighted by Crippen LogP contribution is -2.42. The second kappa shape index (κ2) is 8.51. The lowest BCUT2D eigenvalue weighted by molar-refractivity contribution is 0.148. The van der Waals surface area contributed by atoms with Gasteiger partial charge in [-0.05, 0) is 57.5 Å². The molecule has 1 atom stereocenters. The molecule has 5 heteroatoms. The maximum Gasteiger partial charge on any atom is 0.123 e. The molecule has 2 aliphatic heterocycles. The van der Waals surface area contributed by atoms with Crippen LogP contribution in [0.3, 0.4) is 0 Å². The summed E-state index contributed by atoms with van der Waals surface area (Å²) >= 11 is 1.74. The lowest BCUT2D eigenvalue weighted by atomic mass is 10.1. The molecule has 0 N–H and O–H groups in total. The molecule has 0 radical (unpaired) electrons. The first-order chi connectivity index (χ1) is 12.8. The quantitative estimate of drug-likeness (QED) is 0.758. The predicted molar refractivity (Wildman–Crippen MR) is 108 cm³/mol. The molecule has 4 nitrogen and oxygen atoms in total. The van der Waals surface area contributed by atoms with Crippen LogP contribution in [-0.2, 0) is 6.54 Å². The van der Waals surface area contributed by atoms with Crippen LogP contribution in [0.15, 0.2) is 29.6 Å². The number of nitrogens with zero attached hydrogens (tertiary/aromatic N) is 3. The molecule has 4 rings (SSSR count). The molecule has 2 aliphatic rings. The molecule has 2 saturated heterocycles. The van der Waals surface area contributed by atoms with Crippen LogP contribution < -0.4 is 4.74 Å². The van der Waals surface area contributed by atoms with Gasteiger partial charge < -0.3 is 9.64 Å². The maximum absolute atomic E-state index is 5.34. The van der Waals surface area contributed by atoms with Gasteiger partial charge in [-0.2, -0.15) is 0 Å². The van der Waals surface area contributed by atoms with Gasteiger partial charge in [-0.25, -0.2) is 4.98 Å². The predicted octanol–water partition coefficient (Wildman–Crippen LogP) is 4.27. The van der Waals surface area contributed by atoms with Crippen molar-refractivity contribution in [2.75, 3.05) is 33.3 Å². The first-order valence-corrected chi connectivity index (χ1v) is 10.7. The monoisotopic (exact) mass is 371 g/mol. The van der Waals surface area contributed by atoms with Crippen LogP contribution in [0.2, 0.25) is 0 Å². The summed E-state index contributed by atoms with van der Waals surface area (Å²) in [5.74, 6) is 0.889. The van der Waals surface area contributed by atoms with Crippen molar-refractivity contribution in [3.63, 3.8) is 0 Å². The standard InChI is InChI=1S/C21H29N3OS/c1-25-20-9-5-7-17(13-20)21-22-18(16-26-21)14-24-12-6-8-19(24)15-23-10-3-2-4-11-23/h5,7,9,13,16,19H,2-4,6,8,10-12,14-15H2,1H3. The van der Waals surface area contributed by atoms with Gasteiger partial charge in [0, 0.05) is 30.1 Å². The largest absolute Gasteiger partial charge is 0.497 e. The molecule has 0 amide bonds. The summed E-state index contributed by atoms with van der Waals surface area (Å²) in [6, 6.07) is 8.89. The van der Waals surface area contributed by atoms with E-state index in [-0.39, 0.29) is 0 Å². The van der Waals surface area contributed by atoms with Crippen LogP contribution in [0.1, 0.15) is 37.8 Å². The van der Waals surface area contributed by atoms with E-state index in [1.807, 2.05) is 12.1 Å². The molecule has 0 spiro atoms. The number of thiazole rings is 1. The van der Waals surface area contributed by atoms with E-state index in [1.165, 1.54) is 64.0 Å². The summed E-state index contributed by atoms with van der Waals surface area (Å²) < 4.78 is 5.34. The van der Waals surface area contributed by atoms with Crippen LogP contribution in [0.4, 0.5) is 0 Å². The zero-order chi connectivity index (χ0) is 17.8. The Morgan fingerprint density at radius 3 is 2.88 bits per heavy atom. The fourth-order valence-corrected chi connectivity index (χ4v) is 5.03. The molecule has 0 saturated carbocycles.